The van der Waals surface area contributed by atoms with Gasteiger partial charge in [-0.15, -0.1) is 0 Å². The zero-order valence-corrected chi connectivity index (χ0v) is 12.0. The molecule has 3 heteroatoms. The van der Waals surface area contributed by atoms with Crippen molar-refractivity contribution in [3.8, 4) is 0 Å². The van der Waals surface area contributed by atoms with Gasteiger partial charge in [-0.1, -0.05) is 0 Å². The highest BCUT2D eigenvalue weighted by Gasteiger charge is 2.47. The second-order valence-electron chi connectivity index (χ2n) is 7.18. The van der Waals surface area contributed by atoms with Crippen LogP contribution in [-0.2, 0) is 9.47 Å². The van der Waals surface area contributed by atoms with E-state index in [4.69, 9.17) is 9.47 Å². The Morgan fingerprint density at radius 2 is 1.61 bits per heavy atom. The Morgan fingerprint density at radius 3 is 2.11 bits per heavy atom. The summed E-state index contributed by atoms with van der Waals surface area (Å²) in [4.78, 5) is 2.75. The Labute approximate surface area is 111 Å². The van der Waals surface area contributed by atoms with Crippen LogP contribution in [0.3, 0.4) is 0 Å². The first kappa shape index (κ1) is 12.9. The lowest BCUT2D eigenvalue weighted by Crippen LogP contribution is -2.62. The number of rotatable bonds is 4. The van der Waals surface area contributed by atoms with Crippen LogP contribution in [-0.4, -0.2) is 47.9 Å². The molecule has 4 heterocycles. The molecule has 4 aliphatic heterocycles. The monoisotopic (exact) mass is 253 g/mol. The SMILES string of the molecule is CC(C)(C)OCCCN1C2CC3CC1CC(C2)O3. The summed E-state index contributed by atoms with van der Waals surface area (Å²) in [5, 5.41) is 0. The molecule has 4 rings (SSSR count). The molecule has 0 aromatic carbocycles. The third-order valence-corrected chi connectivity index (χ3v) is 4.56. The van der Waals surface area contributed by atoms with E-state index in [1.807, 2.05) is 0 Å². The molecular formula is C15H27NO2. The Kier molecular flexibility index (Phi) is 3.41. The van der Waals surface area contributed by atoms with Gasteiger partial charge in [0.05, 0.1) is 17.8 Å². The minimum absolute atomic E-state index is 0.00718. The van der Waals surface area contributed by atoms with Crippen molar-refractivity contribution >= 4 is 0 Å². The lowest BCUT2D eigenvalue weighted by Gasteiger charge is -2.56. The van der Waals surface area contributed by atoms with Crippen LogP contribution in [0.25, 0.3) is 0 Å². The van der Waals surface area contributed by atoms with Crippen LogP contribution in [0.5, 0.6) is 0 Å². The molecule has 0 aromatic rings. The topological polar surface area (TPSA) is 21.7 Å². The first-order chi connectivity index (χ1) is 8.51. The van der Waals surface area contributed by atoms with Crippen LogP contribution in [0, 0.1) is 0 Å². The first-order valence-corrected chi connectivity index (χ1v) is 7.56. The van der Waals surface area contributed by atoms with Gasteiger partial charge >= 0.3 is 0 Å². The summed E-state index contributed by atoms with van der Waals surface area (Å²) in [7, 11) is 0. The van der Waals surface area contributed by atoms with Crippen molar-refractivity contribution in [3.05, 3.63) is 0 Å². The third-order valence-electron chi connectivity index (χ3n) is 4.56. The molecule has 0 N–H and O–H groups in total. The molecule has 18 heavy (non-hydrogen) atoms. The van der Waals surface area contributed by atoms with Crippen molar-refractivity contribution in [3.63, 3.8) is 0 Å². The van der Waals surface area contributed by atoms with Gasteiger partial charge in [0.2, 0.25) is 0 Å². The molecule has 3 nitrogen and oxygen atoms in total. The zero-order valence-electron chi connectivity index (χ0n) is 12.0. The summed E-state index contributed by atoms with van der Waals surface area (Å²) in [6.07, 6.45) is 7.41. The molecule has 0 amide bonds. The van der Waals surface area contributed by atoms with Gasteiger partial charge in [0.15, 0.2) is 0 Å². The highest BCUT2D eigenvalue weighted by Crippen LogP contribution is 2.42. The van der Waals surface area contributed by atoms with Crippen molar-refractivity contribution in [2.24, 2.45) is 0 Å². The molecular weight excluding hydrogens is 226 g/mol. The minimum atomic E-state index is 0.00718. The fraction of sp³-hybridized carbons (Fsp3) is 1.00. The maximum Gasteiger partial charge on any atom is 0.0608 e. The molecule has 0 aliphatic carbocycles. The zero-order chi connectivity index (χ0) is 12.8. The molecule has 0 unspecified atom stereocenters. The van der Waals surface area contributed by atoms with E-state index in [-0.39, 0.29) is 5.60 Å². The van der Waals surface area contributed by atoms with Gasteiger partial charge in [-0.2, -0.15) is 0 Å². The molecule has 0 atom stereocenters. The Balaban J connectivity index is 1.46. The van der Waals surface area contributed by atoms with Gasteiger partial charge in [-0.3, -0.25) is 4.90 Å². The summed E-state index contributed by atoms with van der Waals surface area (Å²) in [5.41, 5.74) is 0.00718. The largest absolute Gasteiger partial charge is 0.376 e. The molecule has 104 valence electrons. The van der Waals surface area contributed by atoms with Crippen LogP contribution in [0.1, 0.15) is 52.9 Å². The maximum atomic E-state index is 5.99. The van der Waals surface area contributed by atoms with Gasteiger partial charge in [0.1, 0.15) is 0 Å². The van der Waals surface area contributed by atoms with E-state index in [0.29, 0.717) is 12.2 Å². The Morgan fingerprint density at radius 1 is 1.06 bits per heavy atom. The first-order valence-electron chi connectivity index (χ1n) is 7.56. The summed E-state index contributed by atoms with van der Waals surface area (Å²) in [6.45, 7) is 8.50. The third kappa shape index (κ3) is 2.73. The van der Waals surface area contributed by atoms with E-state index < -0.39 is 0 Å². The molecule has 4 fully saturated rings. The van der Waals surface area contributed by atoms with Crippen molar-refractivity contribution in [1.82, 2.24) is 4.90 Å². The minimum Gasteiger partial charge on any atom is -0.376 e. The highest BCUT2D eigenvalue weighted by atomic mass is 16.5. The lowest BCUT2D eigenvalue weighted by molar-refractivity contribution is -0.182. The van der Waals surface area contributed by atoms with E-state index in [2.05, 4.69) is 25.7 Å². The fourth-order valence-electron chi connectivity index (χ4n) is 3.92. The average Bonchev–Trinajstić information content (AvgIpc) is 2.24. The predicted molar refractivity (Wildman–Crippen MR) is 71.7 cm³/mol. The predicted octanol–water partition coefficient (Wildman–Crippen LogP) is 2.59. The Bertz CT molecular complexity index is 269. The average molecular weight is 253 g/mol. The lowest BCUT2D eigenvalue weighted by atomic mass is 9.78. The van der Waals surface area contributed by atoms with E-state index in [1.165, 1.54) is 38.6 Å². The number of ether oxygens (including phenoxy) is 2. The van der Waals surface area contributed by atoms with Crippen molar-refractivity contribution in [2.75, 3.05) is 13.2 Å². The van der Waals surface area contributed by atoms with Gasteiger partial charge in [-0.05, 0) is 52.9 Å². The van der Waals surface area contributed by atoms with Crippen LogP contribution >= 0.6 is 0 Å². The van der Waals surface area contributed by atoms with E-state index in [1.54, 1.807) is 0 Å². The molecule has 4 saturated heterocycles. The normalized spacial score (nSPS) is 39.5. The van der Waals surface area contributed by atoms with Gasteiger partial charge in [-0.25, -0.2) is 0 Å². The standard InChI is InChI=1S/C15H27NO2/c1-15(2,3)17-6-4-5-16-11-7-13-9-12(16)10-14(8-11)18-13/h11-14H,4-10H2,1-3H3. The molecule has 0 saturated carbocycles. The van der Waals surface area contributed by atoms with Gasteiger partial charge < -0.3 is 9.47 Å². The molecule has 4 bridgehead atoms. The molecule has 0 aromatic heterocycles. The van der Waals surface area contributed by atoms with Crippen LogP contribution in [0.2, 0.25) is 0 Å². The second kappa shape index (κ2) is 4.77. The number of hydrogen-bond donors (Lipinski definition) is 0. The second-order valence-corrected chi connectivity index (χ2v) is 7.18. The van der Waals surface area contributed by atoms with E-state index >= 15 is 0 Å². The van der Waals surface area contributed by atoms with Gasteiger partial charge in [0, 0.05) is 25.2 Å². The summed E-state index contributed by atoms with van der Waals surface area (Å²) in [5.74, 6) is 0. The van der Waals surface area contributed by atoms with E-state index in [0.717, 1.165) is 18.7 Å². The van der Waals surface area contributed by atoms with Crippen molar-refractivity contribution < 1.29 is 9.47 Å². The van der Waals surface area contributed by atoms with E-state index in [9.17, 15) is 0 Å². The smallest absolute Gasteiger partial charge is 0.0608 e. The van der Waals surface area contributed by atoms with Crippen LogP contribution < -0.4 is 0 Å². The molecule has 0 spiro atoms. The van der Waals surface area contributed by atoms with Crippen molar-refractivity contribution in [2.45, 2.75) is 82.8 Å². The number of nitrogens with zero attached hydrogens (tertiary/aromatic N) is 1. The molecule has 4 aliphatic rings. The van der Waals surface area contributed by atoms with Crippen LogP contribution in [0.15, 0.2) is 0 Å². The van der Waals surface area contributed by atoms with Gasteiger partial charge in [0.25, 0.3) is 0 Å². The fourth-order valence-corrected chi connectivity index (χ4v) is 3.92. The molecule has 0 radical (unpaired) electrons. The maximum absolute atomic E-state index is 5.99. The number of piperidine rings is 2. The summed E-state index contributed by atoms with van der Waals surface area (Å²) in [6, 6.07) is 1.60. The summed E-state index contributed by atoms with van der Waals surface area (Å²) >= 11 is 0. The highest BCUT2D eigenvalue weighted by molar-refractivity contribution is 5.00. The van der Waals surface area contributed by atoms with Crippen LogP contribution in [0.4, 0.5) is 0 Å². The quantitative estimate of drug-likeness (QED) is 0.719. The number of hydrogen-bond acceptors (Lipinski definition) is 3. The van der Waals surface area contributed by atoms with Crippen molar-refractivity contribution in [1.29, 1.82) is 0 Å². The Hall–Kier alpha value is -0.120. The summed E-state index contributed by atoms with van der Waals surface area (Å²) < 4.78 is 11.8.